The number of carbonyl (C=O) groups is 1. The number of aryl methyl sites for hydroxylation is 1. The number of hydrogen-bond donors (Lipinski definition) is 2. The summed E-state index contributed by atoms with van der Waals surface area (Å²) in [5, 5.41) is 2.49. The van der Waals surface area contributed by atoms with Crippen molar-refractivity contribution in [1.82, 2.24) is 0 Å². The Morgan fingerprint density at radius 1 is 0.969 bits per heavy atom. The standard InChI is InChI=1S/C22H19F3N2O4S/c1-15-7-12-19(20(13-15)31-14-22(23,24)25)26-21(28)16-8-10-18(11-9-16)32(29,30)27-17-5-3-2-4-6-17/h2-13,27H,14H2,1H3,(H,26,28). The zero-order valence-electron chi connectivity index (χ0n) is 16.8. The molecule has 0 aromatic heterocycles. The van der Waals surface area contributed by atoms with Crippen molar-refractivity contribution in [3.63, 3.8) is 0 Å². The topological polar surface area (TPSA) is 84.5 Å². The van der Waals surface area contributed by atoms with Crippen molar-refractivity contribution in [2.24, 2.45) is 0 Å². The van der Waals surface area contributed by atoms with Gasteiger partial charge < -0.3 is 10.1 Å². The van der Waals surface area contributed by atoms with Gasteiger partial charge in [-0.3, -0.25) is 9.52 Å². The number of halogens is 3. The SMILES string of the molecule is Cc1ccc(NC(=O)c2ccc(S(=O)(=O)Nc3ccccc3)cc2)c(OCC(F)(F)F)c1. The molecule has 0 aliphatic carbocycles. The van der Waals surface area contributed by atoms with Gasteiger partial charge in [0.1, 0.15) is 5.75 Å². The van der Waals surface area contributed by atoms with E-state index in [4.69, 9.17) is 4.74 Å². The molecule has 3 aromatic carbocycles. The van der Waals surface area contributed by atoms with Crippen molar-refractivity contribution in [1.29, 1.82) is 0 Å². The number of sulfonamides is 1. The first-order valence-corrected chi connectivity index (χ1v) is 10.8. The highest BCUT2D eigenvalue weighted by Crippen LogP contribution is 2.28. The minimum Gasteiger partial charge on any atom is -0.482 e. The molecule has 0 bridgehead atoms. The number of hydrogen-bond acceptors (Lipinski definition) is 4. The molecule has 32 heavy (non-hydrogen) atoms. The Hall–Kier alpha value is -3.53. The summed E-state index contributed by atoms with van der Waals surface area (Å²) in [5.41, 5.74) is 1.22. The molecule has 0 heterocycles. The molecule has 6 nitrogen and oxygen atoms in total. The molecular formula is C22H19F3N2O4S. The molecule has 0 saturated carbocycles. The van der Waals surface area contributed by atoms with E-state index < -0.39 is 28.7 Å². The van der Waals surface area contributed by atoms with E-state index in [1.54, 1.807) is 43.3 Å². The van der Waals surface area contributed by atoms with Crippen LogP contribution in [0.5, 0.6) is 5.75 Å². The van der Waals surface area contributed by atoms with Crippen molar-refractivity contribution < 1.29 is 31.1 Å². The Morgan fingerprint density at radius 2 is 1.62 bits per heavy atom. The first-order valence-electron chi connectivity index (χ1n) is 9.33. The van der Waals surface area contributed by atoms with Crippen molar-refractivity contribution >= 4 is 27.3 Å². The summed E-state index contributed by atoms with van der Waals surface area (Å²) in [6.45, 7) is 0.176. The van der Waals surface area contributed by atoms with E-state index in [0.717, 1.165) is 0 Å². The molecule has 168 valence electrons. The lowest BCUT2D eigenvalue weighted by Gasteiger charge is -2.15. The zero-order valence-corrected chi connectivity index (χ0v) is 17.6. The average Bonchev–Trinajstić information content (AvgIpc) is 2.74. The van der Waals surface area contributed by atoms with E-state index in [1.165, 1.54) is 36.4 Å². The van der Waals surface area contributed by atoms with Crippen molar-refractivity contribution in [2.45, 2.75) is 18.0 Å². The van der Waals surface area contributed by atoms with Crippen molar-refractivity contribution in [3.8, 4) is 5.75 Å². The van der Waals surface area contributed by atoms with Crippen LogP contribution >= 0.6 is 0 Å². The second-order valence-electron chi connectivity index (χ2n) is 6.85. The fourth-order valence-electron chi connectivity index (χ4n) is 2.71. The smallest absolute Gasteiger partial charge is 0.422 e. The van der Waals surface area contributed by atoms with Gasteiger partial charge in [-0.05, 0) is 61.0 Å². The summed E-state index contributed by atoms with van der Waals surface area (Å²) < 4.78 is 69.7. The first kappa shape index (κ1) is 23.1. The minimum absolute atomic E-state index is 0.0533. The molecule has 2 N–H and O–H groups in total. The Bertz CT molecular complexity index is 1200. The van der Waals surface area contributed by atoms with Crippen LogP contribution in [-0.2, 0) is 10.0 Å². The van der Waals surface area contributed by atoms with Gasteiger partial charge in [0.05, 0.1) is 10.6 Å². The van der Waals surface area contributed by atoms with E-state index in [1.807, 2.05) is 0 Å². The molecule has 3 rings (SSSR count). The lowest BCUT2D eigenvalue weighted by atomic mass is 10.2. The third kappa shape index (κ3) is 6.24. The number of alkyl halides is 3. The van der Waals surface area contributed by atoms with Gasteiger partial charge in [-0.1, -0.05) is 24.3 Å². The van der Waals surface area contributed by atoms with Gasteiger partial charge in [0, 0.05) is 11.3 Å². The van der Waals surface area contributed by atoms with Gasteiger partial charge in [0.15, 0.2) is 6.61 Å². The molecule has 0 saturated heterocycles. The molecule has 0 spiro atoms. The zero-order chi connectivity index (χ0) is 23.4. The Balaban J connectivity index is 1.74. The lowest BCUT2D eigenvalue weighted by molar-refractivity contribution is -0.153. The number of amides is 1. The number of nitrogens with one attached hydrogen (secondary N) is 2. The highest BCUT2D eigenvalue weighted by Gasteiger charge is 2.29. The molecule has 10 heteroatoms. The molecule has 0 aliphatic rings. The monoisotopic (exact) mass is 464 g/mol. The summed E-state index contributed by atoms with van der Waals surface area (Å²) in [5.74, 6) is -0.757. The van der Waals surface area contributed by atoms with Crippen LogP contribution in [-0.4, -0.2) is 27.1 Å². The van der Waals surface area contributed by atoms with Gasteiger partial charge in [-0.25, -0.2) is 8.42 Å². The van der Waals surface area contributed by atoms with Crippen LogP contribution in [0.15, 0.2) is 77.7 Å². The normalized spacial score (nSPS) is 11.6. The predicted octanol–water partition coefficient (Wildman–Crippen LogP) is 4.99. The Kier molecular flexibility index (Phi) is 6.73. The Morgan fingerprint density at radius 3 is 2.25 bits per heavy atom. The van der Waals surface area contributed by atoms with E-state index in [-0.39, 0.29) is 21.9 Å². The van der Waals surface area contributed by atoms with Crippen molar-refractivity contribution in [2.75, 3.05) is 16.6 Å². The third-order valence-electron chi connectivity index (χ3n) is 4.23. The Labute approximate surface area is 183 Å². The maximum Gasteiger partial charge on any atom is 0.422 e. The van der Waals surface area contributed by atoms with Crippen LogP contribution < -0.4 is 14.8 Å². The van der Waals surface area contributed by atoms with Crippen LogP contribution in [0.3, 0.4) is 0 Å². The fraction of sp³-hybridized carbons (Fsp3) is 0.136. The molecule has 0 aliphatic heterocycles. The maximum atomic E-state index is 12.6. The largest absolute Gasteiger partial charge is 0.482 e. The number of benzene rings is 3. The molecule has 0 atom stereocenters. The first-order chi connectivity index (χ1) is 15.0. The summed E-state index contributed by atoms with van der Waals surface area (Å²) in [7, 11) is -3.86. The van der Waals surface area contributed by atoms with E-state index in [0.29, 0.717) is 11.3 Å². The van der Waals surface area contributed by atoms with Gasteiger partial charge in [-0.2, -0.15) is 13.2 Å². The number of ether oxygens (including phenoxy) is 1. The quantitative estimate of drug-likeness (QED) is 0.516. The molecule has 0 radical (unpaired) electrons. The van der Waals surface area contributed by atoms with Crippen LogP contribution in [0.4, 0.5) is 24.5 Å². The summed E-state index contributed by atoms with van der Waals surface area (Å²) in [6, 6.07) is 17.9. The van der Waals surface area contributed by atoms with Crippen LogP contribution in [0.2, 0.25) is 0 Å². The summed E-state index contributed by atoms with van der Waals surface area (Å²) >= 11 is 0. The molecular weight excluding hydrogens is 445 g/mol. The molecule has 3 aromatic rings. The number of anilines is 2. The van der Waals surface area contributed by atoms with Crippen molar-refractivity contribution in [3.05, 3.63) is 83.9 Å². The number of rotatable bonds is 7. The molecule has 0 unspecified atom stereocenters. The van der Waals surface area contributed by atoms with Gasteiger partial charge >= 0.3 is 6.18 Å². The minimum atomic E-state index is -4.53. The van der Waals surface area contributed by atoms with Crippen LogP contribution in [0, 0.1) is 6.92 Å². The van der Waals surface area contributed by atoms with Gasteiger partial charge in [0.2, 0.25) is 0 Å². The highest BCUT2D eigenvalue weighted by atomic mass is 32.2. The van der Waals surface area contributed by atoms with E-state index in [9.17, 15) is 26.4 Å². The second kappa shape index (κ2) is 9.31. The number of carbonyl (C=O) groups excluding carboxylic acids is 1. The fourth-order valence-corrected chi connectivity index (χ4v) is 3.77. The second-order valence-corrected chi connectivity index (χ2v) is 8.54. The van der Waals surface area contributed by atoms with Gasteiger partial charge in [0.25, 0.3) is 15.9 Å². The predicted molar refractivity (Wildman–Crippen MR) is 114 cm³/mol. The lowest BCUT2D eigenvalue weighted by Crippen LogP contribution is -2.20. The van der Waals surface area contributed by atoms with Crippen LogP contribution in [0.25, 0.3) is 0 Å². The number of para-hydroxylation sites is 1. The molecule has 0 fully saturated rings. The summed E-state index contributed by atoms with van der Waals surface area (Å²) in [6.07, 6.45) is -4.53. The molecule has 1 amide bonds. The van der Waals surface area contributed by atoms with Crippen LogP contribution in [0.1, 0.15) is 15.9 Å². The third-order valence-corrected chi connectivity index (χ3v) is 5.63. The average molecular weight is 464 g/mol. The van der Waals surface area contributed by atoms with E-state index in [2.05, 4.69) is 10.0 Å². The van der Waals surface area contributed by atoms with Gasteiger partial charge in [-0.15, -0.1) is 0 Å². The summed E-state index contributed by atoms with van der Waals surface area (Å²) in [4.78, 5) is 12.5. The van der Waals surface area contributed by atoms with E-state index >= 15 is 0 Å². The maximum absolute atomic E-state index is 12.6. The highest BCUT2D eigenvalue weighted by molar-refractivity contribution is 7.92.